The Kier molecular flexibility index (Phi) is 18.4. The molecule has 55 heavy (non-hydrogen) atoms. The lowest BCUT2D eigenvalue weighted by atomic mass is 10.1. The highest BCUT2D eigenvalue weighted by atomic mass is 33.1. The second-order valence-electron chi connectivity index (χ2n) is 16.2. The summed E-state index contributed by atoms with van der Waals surface area (Å²) >= 11 is 0. The van der Waals surface area contributed by atoms with E-state index in [1.807, 2.05) is 0 Å². The SMILES string of the molecule is CCc1ccc(C=Cc2ccc(N(C)CCC[N+](C)(C)CCCSSCC[N+](C)(C)CCCN(C)c3ccc(C=Cc4cc[n+](CC)cc4)cc3)cc2)cc1. The molecule has 0 fully saturated rings. The number of nitrogens with zero attached hydrogens (tertiary/aromatic N) is 5. The van der Waals surface area contributed by atoms with Gasteiger partial charge >= 0.3 is 0 Å². The maximum absolute atomic E-state index is 2.40. The van der Waals surface area contributed by atoms with E-state index in [1.165, 1.54) is 96.1 Å². The van der Waals surface area contributed by atoms with Crippen molar-refractivity contribution in [3.8, 4) is 0 Å². The van der Waals surface area contributed by atoms with Crippen LogP contribution >= 0.6 is 21.6 Å². The Hall–Kier alpha value is -3.49. The van der Waals surface area contributed by atoms with Gasteiger partial charge in [0.15, 0.2) is 12.4 Å². The van der Waals surface area contributed by atoms with Gasteiger partial charge in [-0.1, -0.05) is 101 Å². The first-order valence-electron chi connectivity index (χ1n) is 20.4. The van der Waals surface area contributed by atoms with Gasteiger partial charge < -0.3 is 18.8 Å². The Labute approximate surface area is 343 Å². The van der Waals surface area contributed by atoms with Crippen molar-refractivity contribution in [2.24, 2.45) is 0 Å². The van der Waals surface area contributed by atoms with Crippen molar-refractivity contribution in [2.75, 3.05) is 103 Å². The molecule has 0 unspecified atom stereocenters. The van der Waals surface area contributed by atoms with Crippen molar-refractivity contribution in [1.82, 2.24) is 0 Å². The molecule has 0 saturated heterocycles. The summed E-state index contributed by atoms with van der Waals surface area (Å²) in [6, 6.07) is 31.1. The molecule has 1 heterocycles. The van der Waals surface area contributed by atoms with Crippen LogP contribution in [0.1, 0.15) is 60.9 Å². The molecule has 0 aliphatic carbocycles. The summed E-state index contributed by atoms with van der Waals surface area (Å²) in [5, 5.41) is 0. The molecule has 0 aliphatic heterocycles. The van der Waals surface area contributed by atoms with Crippen molar-refractivity contribution in [1.29, 1.82) is 0 Å². The molecular weight excluding hydrogens is 711 g/mol. The number of aryl methyl sites for hydroxylation is 2. The quantitative estimate of drug-likeness (QED) is 0.0230. The average Bonchev–Trinajstić information content (AvgIpc) is 3.19. The van der Waals surface area contributed by atoms with E-state index in [9.17, 15) is 0 Å². The van der Waals surface area contributed by atoms with E-state index in [4.69, 9.17) is 0 Å². The van der Waals surface area contributed by atoms with Crippen LogP contribution < -0.4 is 14.4 Å². The lowest BCUT2D eigenvalue weighted by Crippen LogP contribution is -2.43. The zero-order valence-corrected chi connectivity index (χ0v) is 36.9. The lowest BCUT2D eigenvalue weighted by Gasteiger charge is -2.31. The Morgan fingerprint density at radius 2 is 0.909 bits per heavy atom. The molecule has 296 valence electrons. The topological polar surface area (TPSA) is 10.4 Å². The highest BCUT2D eigenvalue weighted by Crippen LogP contribution is 2.24. The van der Waals surface area contributed by atoms with Gasteiger partial charge in [0.05, 0.1) is 60.1 Å². The van der Waals surface area contributed by atoms with Crippen molar-refractivity contribution in [3.63, 3.8) is 0 Å². The standard InChI is InChI=1S/C48H70N5S2/c1-9-42-14-16-43(17-15-42)18-19-44-22-26-47(27-23-44)49(3)32-11-36-52(5,6)38-13-40-54-55-41-39-53(7,8)37-12-33-50(4)48-28-24-45(25-29-48)20-21-46-30-34-51(10-2)35-31-46/h14-31,34-35H,9-13,32-33,36-41H2,1-8H3/q+3. The number of aromatic nitrogens is 1. The van der Waals surface area contributed by atoms with Crippen LogP contribution in [0.2, 0.25) is 0 Å². The minimum Gasteiger partial charge on any atom is -0.374 e. The van der Waals surface area contributed by atoms with Crippen LogP contribution in [0.5, 0.6) is 0 Å². The van der Waals surface area contributed by atoms with Crippen LogP contribution in [0.25, 0.3) is 24.3 Å². The molecule has 0 bridgehead atoms. The minimum atomic E-state index is 0.999. The predicted molar refractivity (Wildman–Crippen MR) is 248 cm³/mol. The third kappa shape index (κ3) is 16.6. The zero-order chi connectivity index (χ0) is 39.5. The largest absolute Gasteiger partial charge is 0.374 e. The number of hydrogen-bond acceptors (Lipinski definition) is 4. The van der Waals surface area contributed by atoms with Gasteiger partial charge in [-0.05, 0) is 65.4 Å². The number of quaternary nitrogens is 2. The Morgan fingerprint density at radius 3 is 1.36 bits per heavy atom. The molecule has 0 atom stereocenters. The fourth-order valence-corrected chi connectivity index (χ4v) is 8.96. The molecule has 4 aromatic rings. The van der Waals surface area contributed by atoms with Gasteiger partial charge in [-0.3, -0.25) is 0 Å². The highest BCUT2D eigenvalue weighted by Gasteiger charge is 2.17. The molecule has 3 aromatic carbocycles. The van der Waals surface area contributed by atoms with Gasteiger partial charge in [-0.2, -0.15) is 0 Å². The number of anilines is 2. The first-order valence-corrected chi connectivity index (χ1v) is 22.9. The van der Waals surface area contributed by atoms with Crippen molar-refractivity contribution >= 4 is 57.3 Å². The number of rotatable bonds is 24. The van der Waals surface area contributed by atoms with Crippen LogP contribution in [0.3, 0.4) is 0 Å². The van der Waals surface area contributed by atoms with Gasteiger partial charge in [0.2, 0.25) is 0 Å². The minimum absolute atomic E-state index is 0.999. The van der Waals surface area contributed by atoms with Crippen LogP contribution in [0.15, 0.2) is 97.3 Å². The van der Waals surface area contributed by atoms with Gasteiger partial charge in [0.1, 0.15) is 6.54 Å². The molecule has 0 saturated carbocycles. The summed E-state index contributed by atoms with van der Waals surface area (Å²) in [7, 11) is 18.1. The van der Waals surface area contributed by atoms with Crippen molar-refractivity contribution in [3.05, 3.63) is 125 Å². The van der Waals surface area contributed by atoms with Crippen LogP contribution in [-0.2, 0) is 13.0 Å². The third-order valence-electron chi connectivity index (χ3n) is 10.6. The molecule has 7 heteroatoms. The maximum Gasteiger partial charge on any atom is 0.169 e. The summed E-state index contributed by atoms with van der Waals surface area (Å²) in [6.45, 7) is 12.4. The Bertz CT molecular complexity index is 1580. The molecule has 0 aliphatic rings. The molecule has 0 spiro atoms. The maximum atomic E-state index is 2.40. The summed E-state index contributed by atoms with van der Waals surface area (Å²) < 4.78 is 4.35. The van der Waals surface area contributed by atoms with E-state index < -0.39 is 0 Å². The average molecular weight is 781 g/mol. The zero-order valence-electron chi connectivity index (χ0n) is 35.3. The van der Waals surface area contributed by atoms with E-state index >= 15 is 0 Å². The summed E-state index contributed by atoms with van der Waals surface area (Å²) in [5.41, 5.74) is 8.90. The molecule has 1 aromatic heterocycles. The summed E-state index contributed by atoms with van der Waals surface area (Å²) in [4.78, 5) is 4.79. The fraction of sp³-hybridized carbons (Fsp3) is 0.438. The first-order chi connectivity index (χ1) is 26.4. The molecule has 5 nitrogen and oxygen atoms in total. The molecular formula is C48H70N5S2+3. The lowest BCUT2D eigenvalue weighted by molar-refractivity contribution is -0.890. The van der Waals surface area contributed by atoms with E-state index in [0.717, 1.165) is 35.0 Å². The van der Waals surface area contributed by atoms with E-state index in [-0.39, 0.29) is 0 Å². The van der Waals surface area contributed by atoms with Gasteiger partial charge in [-0.25, -0.2) is 4.57 Å². The van der Waals surface area contributed by atoms with E-state index in [2.05, 4.69) is 214 Å². The van der Waals surface area contributed by atoms with Crippen molar-refractivity contribution in [2.45, 2.75) is 46.1 Å². The second kappa shape index (κ2) is 22.9. The van der Waals surface area contributed by atoms with Crippen LogP contribution in [0, 0.1) is 0 Å². The highest BCUT2D eigenvalue weighted by molar-refractivity contribution is 8.76. The second-order valence-corrected chi connectivity index (χ2v) is 18.9. The van der Waals surface area contributed by atoms with E-state index in [0.29, 0.717) is 0 Å². The number of hydrogen-bond donors (Lipinski definition) is 0. The Morgan fingerprint density at radius 1 is 0.509 bits per heavy atom. The molecule has 0 radical (unpaired) electrons. The van der Waals surface area contributed by atoms with Crippen LogP contribution in [-0.4, -0.2) is 102 Å². The number of pyridine rings is 1. The molecule has 0 N–H and O–H groups in total. The summed E-state index contributed by atoms with van der Waals surface area (Å²) in [6.07, 6.45) is 17.8. The normalized spacial score (nSPS) is 12.2. The van der Waals surface area contributed by atoms with Gasteiger partial charge in [0.25, 0.3) is 0 Å². The van der Waals surface area contributed by atoms with E-state index in [1.54, 1.807) is 0 Å². The predicted octanol–water partition coefficient (Wildman–Crippen LogP) is 10.2. The van der Waals surface area contributed by atoms with Crippen molar-refractivity contribution < 1.29 is 13.5 Å². The fourth-order valence-electron chi connectivity index (χ4n) is 6.63. The number of benzene rings is 3. The smallest absolute Gasteiger partial charge is 0.169 e. The van der Waals surface area contributed by atoms with Gasteiger partial charge in [0, 0.05) is 75.7 Å². The first kappa shape index (κ1) is 44.2. The summed E-state index contributed by atoms with van der Waals surface area (Å²) in [5.74, 6) is 2.44. The molecule has 4 rings (SSSR count). The molecule has 0 amide bonds. The monoisotopic (exact) mass is 781 g/mol. The third-order valence-corrected chi connectivity index (χ3v) is 13.1. The Balaban J connectivity index is 1.03. The van der Waals surface area contributed by atoms with Gasteiger partial charge in [-0.15, -0.1) is 0 Å². The van der Waals surface area contributed by atoms with Crippen LogP contribution in [0.4, 0.5) is 11.4 Å².